The standard InChI is InChI=1S/C15H21N3O/c19-15(12-5-8-16-9-6-12)18-10-2-4-14(18)13-3-1-7-17-11-13/h1,3,7,11-12,14,16H,2,4-6,8-10H2. The monoisotopic (exact) mass is 259 g/mol. The van der Waals surface area contributed by atoms with Crippen molar-refractivity contribution in [1.82, 2.24) is 15.2 Å². The van der Waals surface area contributed by atoms with Crippen molar-refractivity contribution in [2.45, 2.75) is 31.7 Å². The number of amides is 1. The quantitative estimate of drug-likeness (QED) is 0.880. The first-order chi connectivity index (χ1) is 9.36. The number of carbonyl (C=O) groups is 1. The van der Waals surface area contributed by atoms with Gasteiger partial charge in [0.15, 0.2) is 0 Å². The van der Waals surface area contributed by atoms with Gasteiger partial charge in [-0.25, -0.2) is 0 Å². The average Bonchev–Trinajstić information content (AvgIpc) is 2.98. The van der Waals surface area contributed by atoms with Crippen molar-refractivity contribution >= 4 is 5.91 Å². The van der Waals surface area contributed by atoms with Crippen LogP contribution < -0.4 is 5.32 Å². The zero-order valence-electron chi connectivity index (χ0n) is 11.2. The summed E-state index contributed by atoms with van der Waals surface area (Å²) >= 11 is 0. The van der Waals surface area contributed by atoms with Gasteiger partial charge in [0.2, 0.25) is 5.91 Å². The minimum absolute atomic E-state index is 0.221. The lowest BCUT2D eigenvalue weighted by Gasteiger charge is -2.31. The molecule has 1 amide bonds. The molecule has 1 N–H and O–H groups in total. The molecule has 0 aliphatic carbocycles. The van der Waals surface area contributed by atoms with Crippen LogP contribution in [0.25, 0.3) is 0 Å². The van der Waals surface area contributed by atoms with Crippen molar-refractivity contribution in [2.24, 2.45) is 5.92 Å². The molecule has 0 aromatic carbocycles. The molecule has 102 valence electrons. The molecule has 0 bridgehead atoms. The van der Waals surface area contributed by atoms with Gasteiger partial charge < -0.3 is 10.2 Å². The lowest BCUT2D eigenvalue weighted by molar-refractivity contribution is -0.137. The molecular weight excluding hydrogens is 238 g/mol. The third-order valence-electron chi connectivity index (χ3n) is 4.29. The number of aromatic nitrogens is 1. The maximum absolute atomic E-state index is 12.7. The zero-order chi connectivity index (χ0) is 13.1. The summed E-state index contributed by atoms with van der Waals surface area (Å²) in [4.78, 5) is 18.9. The van der Waals surface area contributed by atoms with Crippen molar-refractivity contribution in [2.75, 3.05) is 19.6 Å². The molecule has 1 atom stereocenters. The lowest BCUT2D eigenvalue weighted by atomic mass is 9.95. The molecule has 2 aliphatic heterocycles. The summed E-state index contributed by atoms with van der Waals surface area (Å²) in [5.41, 5.74) is 1.18. The van der Waals surface area contributed by atoms with E-state index < -0.39 is 0 Å². The average molecular weight is 259 g/mol. The van der Waals surface area contributed by atoms with Gasteiger partial charge in [0.1, 0.15) is 0 Å². The molecule has 0 radical (unpaired) electrons. The minimum Gasteiger partial charge on any atom is -0.335 e. The Kier molecular flexibility index (Phi) is 3.78. The predicted octanol–water partition coefficient (Wildman–Crippen LogP) is 1.74. The number of nitrogens with zero attached hydrogens (tertiary/aromatic N) is 2. The second-order valence-corrected chi connectivity index (χ2v) is 5.50. The van der Waals surface area contributed by atoms with Gasteiger partial charge in [0.25, 0.3) is 0 Å². The number of piperidine rings is 1. The normalized spacial score (nSPS) is 24.6. The van der Waals surface area contributed by atoms with E-state index in [1.807, 2.05) is 12.3 Å². The maximum atomic E-state index is 12.7. The van der Waals surface area contributed by atoms with Crippen molar-refractivity contribution in [3.05, 3.63) is 30.1 Å². The fourth-order valence-electron chi connectivity index (χ4n) is 3.25. The van der Waals surface area contributed by atoms with E-state index in [2.05, 4.69) is 21.3 Å². The SMILES string of the molecule is O=C(C1CCNCC1)N1CCCC1c1cccnc1. The first kappa shape index (κ1) is 12.6. The maximum Gasteiger partial charge on any atom is 0.226 e. The molecule has 1 aromatic rings. The number of likely N-dealkylation sites (tertiary alicyclic amines) is 1. The molecule has 0 saturated carbocycles. The fraction of sp³-hybridized carbons (Fsp3) is 0.600. The van der Waals surface area contributed by atoms with Crippen molar-refractivity contribution in [1.29, 1.82) is 0 Å². The second-order valence-electron chi connectivity index (χ2n) is 5.50. The largest absolute Gasteiger partial charge is 0.335 e. The van der Waals surface area contributed by atoms with Crippen LogP contribution in [0.2, 0.25) is 0 Å². The second kappa shape index (κ2) is 5.70. The molecule has 2 saturated heterocycles. The Hall–Kier alpha value is -1.42. The predicted molar refractivity (Wildman–Crippen MR) is 73.5 cm³/mol. The third kappa shape index (κ3) is 2.63. The summed E-state index contributed by atoms with van der Waals surface area (Å²) in [6.07, 6.45) is 7.83. The van der Waals surface area contributed by atoms with E-state index in [1.54, 1.807) is 6.20 Å². The summed E-state index contributed by atoms with van der Waals surface area (Å²) in [6.45, 7) is 2.85. The van der Waals surface area contributed by atoms with Crippen molar-refractivity contribution in [3.63, 3.8) is 0 Å². The van der Waals surface area contributed by atoms with E-state index in [1.165, 1.54) is 5.56 Å². The number of pyridine rings is 1. The Morgan fingerprint density at radius 1 is 1.32 bits per heavy atom. The van der Waals surface area contributed by atoms with Crippen LogP contribution in [0.5, 0.6) is 0 Å². The van der Waals surface area contributed by atoms with E-state index in [0.29, 0.717) is 5.91 Å². The van der Waals surface area contributed by atoms with Gasteiger partial charge in [-0.3, -0.25) is 9.78 Å². The molecule has 19 heavy (non-hydrogen) atoms. The fourth-order valence-corrected chi connectivity index (χ4v) is 3.25. The number of nitrogens with one attached hydrogen (secondary N) is 1. The molecule has 2 aliphatic rings. The van der Waals surface area contributed by atoms with Gasteiger partial charge in [-0.2, -0.15) is 0 Å². The van der Waals surface area contributed by atoms with Gasteiger partial charge in [-0.1, -0.05) is 6.07 Å². The molecule has 3 heterocycles. The number of hydrogen-bond acceptors (Lipinski definition) is 3. The van der Waals surface area contributed by atoms with Gasteiger partial charge >= 0.3 is 0 Å². The van der Waals surface area contributed by atoms with Crippen LogP contribution in [0.3, 0.4) is 0 Å². The van der Waals surface area contributed by atoms with Crippen LogP contribution >= 0.6 is 0 Å². The highest BCUT2D eigenvalue weighted by atomic mass is 16.2. The van der Waals surface area contributed by atoms with Crippen LogP contribution in [0.1, 0.15) is 37.3 Å². The van der Waals surface area contributed by atoms with Crippen molar-refractivity contribution < 1.29 is 4.79 Å². The molecule has 1 unspecified atom stereocenters. The first-order valence-electron chi connectivity index (χ1n) is 7.27. The first-order valence-corrected chi connectivity index (χ1v) is 7.27. The van der Waals surface area contributed by atoms with E-state index in [9.17, 15) is 4.79 Å². The number of carbonyl (C=O) groups excluding carboxylic acids is 1. The summed E-state index contributed by atoms with van der Waals surface area (Å²) < 4.78 is 0. The molecule has 4 heteroatoms. The Bertz CT molecular complexity index is 428. The Morgan fingerprint density at radius 2 is 2.16 bits per heavy atom. The van der Waals surface area contributed by atoms with E-state index in [4.69, 9.17) is 0 Å². The molecule has 0 spiro atoms. The highest BCUT2D eigenvalue weighted by molar-refractivity contribution is 5.79. The Morgan fingerprint density at radius 3 is 2.89 bits per heavy atom. The van der Waals surface area contributed by atoms with Gasteiger partial charge in [-0.15, -0.1) is 0 Å². The summed E-state index contributed by atoms with van der Waals surface area (Å²) in [7, 11) is 0. The van der Waals surface area contributed by atoms with E-state index >= 15 is 0 Å². The topological polar surface area (TPSA) is 45.2 Å². The zero-order valence-corrected chi connectivity index (χ0v) is 11.2. The molecular formula is C15H21N3O. The lowest BCUT2D eigenvalue weighted by Crippen LogP contribution is -2.40. The van der Waals surface area contributed by atoms with Crippen LogP contribution in [0.15, 0.2) is 24.5 Å². The summed E-state index contributed by atoms with van der Waals surface area (Å²) in [6, 6.07) is 4.29. The van der Waals surface area contributed by atoms with Crippen LogP contribution in [0, 0.1) is 5.92 Å². The third-order valence-corrected chi connectivity index (χ3v) is 4.29. The highest BCUT2D eigenvalue weighted by Crippen LogP contribution is 2.33. The molecule has 1 aromatic heterocycles. The molecule has 3 rings (SSSR count). The number of hydrogen-bond donors (Lipinski definition) is 1. The summed E-state index contributed by atoms with van der Waals surface area (Å²) in [5, 5.41) is 3.32. The van der Waals surface area contributed by atoms with Crippen LogP contribution in [0.4, 0.5) is 0 Å². The number of rotatable bonds is 2. The van der Waals surface area contributed by atoms with E-state index in [0.717, 1.165) is 45.3 Å². The van der Waals surface area contributed by atoms with Crippen molar-refractivity contribution in [3.8, 4) is 0 Å². The summed E-state index contributed by atoms with van der Waals surface area (Å²) in [5.74, 6) is 0.575. The van der Waals surface area contributed by atoms with Gasteiger partial charge in [-0.05, 0) is 50.4 Å². The highest BCUT2D eigenvalue weighted by Gasteiger charge is 2.34. The van der Waals surface area contributed by atoms with E-state index in [-0.39, 0.29) is 12.0 Å². The van der Waals surface area contributed by atoms with Gasteiger partial charge in [0.05, 0.1) is 6.04 Å². The molecule has 4 nitrogen and oxygen atoms in total. The smallest absolute Gasteiger partial charge is 0.226 e. The Labute approximate surface area is 114 Å². The Balaban J connectivity index is 1.74. The van der Waals surface area contributed by atoms with Crippen LogP contribution in [-0.2, 0) is 4.79 Å². The van der Waals surface area contributed by atoms with Crippen LogP contribution in [-0.4, -0.2) is 35.4 Å². The molecule has 2 fully saturated rings. The minimum atomic E-state index is 0.221. The van der Waals surface area contributed by atoms with Gasteiger partial charge in [0, 0.05) is 24.9 Å².